The molecule has 1 saturated carbocycles. The fourth-order valence-electron chi connectivity index (χ4n) is 1.38. The number of hydrogen-bond acceptors (Lipinski definition) is 3. The first kappa shape index (κ1) is 10.5. The van der Waals surface area contributed by atoms with Gasteiger partial charge in [-0.1, -0.05) is 28.8 Å². The largest absolute Gasteiger partial charge is 0.266 e. The Morgan fingerprint density at radius 2 is 1.92 bits per heavy atom. The lowest BCUT2D eigenvalue weighted by molar-refractivity contribution is 0.173. The van der Waals surface area contributed by atoms with E-state index in [0.717, 1.165) is 31.9 Å². The van der Waals surface area contributed by atoms with Crippen LogP contribution in [0.15, 0.2) is 0 Å². The second-order valence-electron chi connectivity index (χ2n) is 3.14. The van der Waals surface area contributed by atoms with E-state index in [4.69, 9.17) is 4.18 Å². The quantitative estimate of drug-likeness (QED) is 0.558. The van der Waals surface area contributed by atoms with Crippen molar-refractivity contribution >= 4 is 26.0 Å². The summed E-state index contributed by atoms with van der Waals surface area (Å²) in [6.45, 7) is 0. The van der Waals surface area contributed by atoms with E-state index in [-0.39, 0.29) is 10.9 Å². The molecule has 1 rings (SSSR count). The van der Waals surface area contributed by atoms with Crippen molar-refractivity contribution in [2.24, 2.45) is 0 Å². The summed E-state index contributed by atoms with van der Waals surface area (Å²) in [6, 6.07) is 0. The molecule has 0 amide bonds. The number of rotatable bonds is 2. The van der Waals surface area contributed by atoms with Crippen LogP contribution in [-0.2, 0) is 14.3 Å². The van der Waals surface area contributed by atoms with Gasteiger partial charge in [-0.25, -0.2) is 0 Å². The van der Waals surface area contributed by atoms with Crippen LogP contribution in [0.4, 0.5) is 0 Å². The minimum Gasteiger partial charge on any atom is -0.266 e. The third kappa shape index (κ3) is 3.41. The fourth-order valence-corrected chi connectivity index (χ4v) is 2.90. The summed E-state index contributed by atoms with van der Waals surface area (Å²) in [5, 5.41) is 0. The molecule has 0 spiro atoms. The molecule has 0 radical (unpaired) electrons. The molecule has 1 aliphatic carbocycles. The smallest absolute Gasteiger partial charge is 0.264 e. The van der Waals surface area contributed by atoms with Crippen molar-refractivity contribution in [2.75, 3.05) is 6.26 Å². The second kappa shape index (κ2) is 4.07. The predicted octanol–water partition coefficient (Wildman–Crippen LogP) is 1.67. The van der Waals surface area contributed by atoms with E-state index in [0.29, 0.717) is 0 Å². The molecular formula is C7H13BrO3S. The van der Waals surface area contributed by atoms with E-state index < -0.39 is 10.1 Å². The molecule has 0 heterocycles. The molecule has 0 saturated heterocycles. The molecule has 1 aliphatic rings. The summed E-state index contributed by atoms with van der Waals surface area (Å²) >= 11 is 3.42. The lowest BCUT2D eigenvalue weighted by Crippen LogP contribution is -2.29. The van der Waals surface area contributed by atoms with Crippen molar-refractivity contribution in [1.29, 1.82) is 0 Å². The molecule has 3 nitrogen and oxygen atoms in total. The summed E-state index contributed by atoms with van der Waals surface area (Å²) in [5.74, 6) is 0. The Kier molecular flexibility index (Phi) is 3.55. The van der Waals surface area contributed by atoms with Crippen LogP contribution in [0.5, 0.6) is 0 Å². The van der Waals surface area contributed by atoms with Gasteiger partial charge in [0.1, 0.15) is 0 Å². The van der Waals surface area contributed by atoms with Crippen LogP contribution in [-0.4, -0.2) is 25.6 Å². The summed E-state index contributed by atoms with van der Waals surface area (Å²) in [6.07, 6.45) is 4.99. The lowest BCUT2D eigenvalue weighted by atomic mass is 9.98. The van der Waals surface area contributed by atoms with Crippen LogP contribution < -0.4 is 0 Å². The van der Waals surface area contributed by atoms with Gasteiger partial charge < -0.3 is 0 Å². The highest BCUT2D eigenvalue weighted by Gasteiger charge is 2.26. The highest BCUT2D eigenvalue weighted by Crippen LogP contribution is 2.27. The van der Waals surface area contributed by atoms with E-state index >= 15 is 0 Å². The molecule has 0 bridgehead atoms. The molecule has 0 aromatic heterocycles. The SMILES string of the molecule is CS(=O)(=O)O[C@H]1CCCC[C@H]1Br. The number of hydrogen-bond donors (Lipinski definition) is 0. The van der Waals surface area contributed by atoms with Gasteiger partial charge >= 0.3 is 0 Å². The molecule has 0 aromatic carbocycles. The Hall–Kier alpha value is 0.390. The predicted molar refractivity (Wildman–Crippen MR) is 50.9 cm³/mol. The zero-order valence-corrected chi connectivity index (χ0v) is 9.40. The maximum Gasteiger partial charge on any atom is 0.264 e. The average molecular weight is 257 g/mol. The fraction of sp³-hybridized carbons (Fsp3) is 1.00. The van der Waals surface area contributed by atoms with Crippen LogP contribution in [0, 0.1) is 0 Å². The summed E-state index contributed by atoms with van der Waals surface area (Å²) < 4.78 is 26.5. The topological polar surface area (TPSA) is 43.4 Å². The summed E-state index contributed by atoms with van der Waals surface area (Å²) in [7, 11) is -3.29. The van der Waals surface area contributed by atoms with Crippen LogP contribution in [0.1, 0.15) is 25.7 Å². The van der Waals surface area contributed by atoms with Crippen molar-refractivity contribution in [3.63, 3.8) is 0 Å². The average Bonchev–Trinajstić information content (AvgIpc) is 1.91. The zero-order valence-electron chi connectivity index (χ0n) is 6.99. The lowest BCUT2D eigenvalue weighted by Gasteiger charge is -2.25. The first-order valence-electron chi connectivity index (χ1n) is 4.01. The van der Waals surface area contributed by atoms with E-state index in [9.17, 15) is 8.42 Å². The molecule has 2 atom stereocenters. The standard InChI is InChI=1S/C7H13BrO3S/c1-12(9,10)11-7-5-3-2-4-6(7)8/h6-7H,2-5H2,1H3/t6-,7+/m1/s1. The number of alkyl halides is 1. The van der Waals surface area contributed by atoms with Crippen molar-refractivity contribution in [2.45, 2.75) is 36.6 Å². The Morgan fingerprint density at radius 3 is 2.42 bits per heavy atom. The van der Waals surface area contributed by atoms with Gasteiger partial charge in [0, 0.05) is 4.83 Å². The molecule has 0 aromatic rings. The third-order valence-corrected chi connectivity index (χ3v) is 3.56. The molecular weight excluding hydrogens is 244 g/mol. The van der Waals surface area contributed by atoms with Gasteiger partial charge in [0.2, 0.25) is 0 Å². The first-order valence-corrected chi connectivity index (χ1v) is 6.74. The Morgan fingerprint density at radius 1 is 1.33 bits per heavy atom. The monoisotopic (exact) mass is 256 g/mol. The highest BCUT2D eigenvalue weighted by atomic mass is 79.9. The van der Waals surface area contributed by atoms with Gasteiger partial charge in [0.25, 0.3) is 10.1 Å². The molecule has 12 heavy (non-hydrogen) atoms. The van der Waals surface area contributed by atoms with Crippen molar-refractivity contribution in [1.82, 2.24) is 0 Å². The van der Waals surface area contributed by atoms with Crippen LogP contribution in [0.25, 0.3) is 0 Å². The highest BCUT2D eigenvalue weighted by molar-refractivity contribution is 9.09. The van der Waals surface area contributed by atoms with Crippen molar-refractivity contribution < 1.29 is 12.6 Å². The summed E-state index contributed by atoms with van der Waals surface area (Å²) in [4.78, 5) is 0.195. The molecule has 5 heteroatoms. The minimum absolute atomic E-state index is 0.159. The minimum atomic E-state index is -3.29. The third-order valence-electron chi connectivity index (χ3n) is 1.92. The Balaban J connectivity index is 2.50. The molecule has 0 unspecified atom stereocenters. The van der Waals surface area contributed by atoms with Gasteiger partial charge in [0.15, 0.2) is 0 Å². The van der Waals surface area contributed by atoms with Crippen LogP contribution in [0.2, 0.25) is 0 Å². The van der Waals surface area contributed by atoms with Gasteiger partial charge in [-0.15, -0.1) is 0 Å². The molecule has 0 aliphatic heterocycles. The first-order chi connectivity index (χ1) is 5.49. The summed E-state index contributed by atoms with van der Waals surface area (Å²) in [5.41, 5.74) is 0. The van der Waals surface area contributed by atoms with Gasteiger partial charge in [-0.05, 0) is 12.8 Å². The van der Waals surface area contributed by atoms with Crippen molar-refractivity contribution in [3.8, 4) is 0 Å². The van der Waals surface area contributed by atoms with Gasteiger partial charge in [-0.2, -0.15) is 8.42 Å². The maximum absolute atomic E-state index is 10.8. The van der Waals surface area contributed by atoms with Crippen LogP contribution >= 0.6 is 15.9 Å². The van der Waals surface area contributed by atoms with Crippen LogP contribution in [0.3, 0.4) is 0 Å². The molecule has 1 fully saturated rings. The Bertz CT molecular complexity index is 237. The van der Waals surface area contributed by atoms with E-state index in [2.05, 4.69) is 15.9 Å². The van der Waals surface area contributed by atoms with Gasteiger partial charge in [-0.3, -0.25) is 4.18 Å². The van der Waals surface area contributed by atoms with E-state index in [1.807, 2.05) is 0 Å². The number of halogens is 1. The zero-order chi connectivity index (χ0) is 9.19. The Labute approximate surface area is 81.7 Å². The normalized spacial score (nSPS) is 31.8. The maximum atomic E-state index is 10.8. The van der Waals surface area contributed by atoms with E-state index in [1.54, 1.807) is 0 Å². The van der Waals surface area contributed by atoms with Gasteiger partial charge in [0.05, 0.1) is 12.4 Å². The molecule has 0 N–H and O–H groups in total. The van der Waals surface area contributed by atoms with E-state index in [1.165, 1.54) is 0 Å². The van der Waals surface area contributed by atoms with Crippen molar-refractivity contribution in [3.05, 3.63) is 0 Å². The second-order valence-corrected chi connectivity index (χ2v) is 5.92. The molecule has 72 valence electrons.